The van der Waals surface area contributed by atoms with Crippen LogP contribution in [0.25, 0.3) is 10.8 Å². The van der Waals surface area contributed by atoms with Gasteiger partial charge in [-0.3, -0.25) is 4.79 Å². The van der Waals surface area contributed by atoms with Crippen molar-refractivity contribution in [2.24, 2.45) is 0 Å². The fourth-order valence-electron chi connectivity index (χ4n) is 2.26. The summed E-state index contributed by atoms with van der Waals surface area (Å²) >= 11 is 5.17. The molecule has 0 amide bonds. The molecule has 21 heavy (non-hydrogen) atoms. The second-order valence-corrected chi connectivity index (χ2v) is 6.72. The van der Waals surface area contributed by atoms with Gasteiger partial charge in [0, 0.05) is 45.9 Å². The molecular weight excluding hydrogens is 348 g/mol. The lowest BCUT2D eigenvalue weighted by atomic mass is 10.2. The van der Waals surface area contributed by atoms with Gasteiger partial charge in [0.25, 0.3) is 5.56 Å². The van der Waals surface area contributed by atoms with Gasteiger partial charge < -0.3 is 9.88 Å². The zero-order chi connectivity index (χ0) is 14.7. The first kappa shape index (κ1) is 14.5. The van der Waals surface area contributed by atoms with Crippen LogP contribution in [0.4, 0.5) is 0 Å². The molecule has 0 saturated carbocycles. The Hall–Kier alpha value is -1.43. The number of hydrogen-bond acceptors (Lipinski definition) is 3. The molecule has 0 unspecified atom stereocenters. The molecule has 0 aliphatic heterocycles. The van der Waals surface area contributed by atoms with Crippen molar-refractivity contribution in [2.75, 3.05) is 6.54 Å². The van der Waals surface area contributed by atoms with Crippen LogP contribution in [-0.2, 0) is 13.1 Å². The Morgan fingerprint density at radius 1 is 1.24 bits per heavy atom. The van der Waals surface area contributed by atoms with Crippen molar-refractivity contribution in [3.05, 3.63) is 67.7 Å². The van der Waals surface area contributed by atoms with Gasteiger partial charge in [0.1, 0.15) is 0 Å². The molecule has 0 radical (unpaired) electrons. The van der Waals surface area contributed by atoms with Gasteiger partial charge in [0.2, 0.25) is 0 Å². The van der Waals surface area contributed by atoms with Gasteiger partial charge in [-0.2, -0.15) is 0 Å². The van der Waals surface area contributed by atoms with Crippen LogP contribution in [0, 0.1) is 0 Å². The minimum atomic E-state index is 0.0776. The molecule has 0 aliphatic rings. The zero-order valence-electron chi connectivity index (χ0n) is 11.4. The van der Waals surface area contributed by atoms with E-state index in [1.165, 1.54) is 4.88 Å². The van der Waals surface area contributed by atoms with E-state index in [0.717, 1.165) is 28.3 Å². The highest BCUT2D eigenvalue weighted by atomic mass is 79.9. The maximum absolute atomic E-state index is 12.3. The van der Waals surface area contributed by atoms with Gasteiger partial charge in [-0.1, -0.05) is 18.2 Å². The van der Waals surface area contributed by atoms with Crippen LogP contribution in [0.15, 0.2) is 57.2 Å². The van der Waals surface area contributed by atoms with Crippen molar-refractivity contribution in [2.45, 2.75) is 13.1 Å². The van der Waals surface area contributed by atoms with Crippen molar-refractivity contribution < 1.29 is 0 Å². The summed E-state index contributed by atoms with van der Waals surface area (Å²) < 4.78 is 2.88. The highest BCUT2D eigenvalue weighted by Crippen LogP contribution is 2.19. The lowest BCUT2D eigenvalue weighted by Crippen LogP contribution is -2.26. The SMILES string of the molecule is O=c1c2ccccc2ccn1CCNCc1cc(Br)cs1. The zero-order valence-corrected chi connectivity index (χ0v) is 13.8. The number of nitrogens with one attached hydrogen (secondary N) is 1. The molecule has 5 heteroatoms. The standard InChI is InChI=1S/C16H15BrN2OS/c17-13-9-14(21-11-13)10-18-6-8-19-7-5-12-3-1-2-4-15(12)16(19)20/h1-5,7,9,11,18H,6,8,10H2. The lowest BCUT2D eigenvalue weighted by Gasteiger charge is -2.08. The molecule has 108 valence electrons. The van der Waals surface area contributed by atoms with Gasteiger partial charge in [-0.15, -0.1) is 11.3 Å². The Bertz CT molecular complexity index is 809. The second kappa shape index (κ2) is 6.56. The van der Waals surface area contributed by atoms with Gasteiger partial charge in [0.05, 0.1) is 0 Å². The van der Waals surface area contributed by atoms with Crippen LogP contribution in [0.2, 0.25) is 0 Å². The summed E-state index contributed by atoms with van der Waals surface area (Å²) in [7, 11) is 0. The molecule has 2 aromatic heterocycles. The van der Waals surface area contributed by atoms with Crippen molar-refractivity contribution in [3.8, 4) is 0 Å². The molecule has 0 saturated heterocycles. The summed E-state index contributed by atoms with van der Waals surface area (Å²) in [5, 5.41) is 7.22. The van der Waals surface area contributed by atoms with Gasteiger partial charge >= 0.3 is 0 Å². The molecule has 1 aromatic carbocycles. The normalized spacial score (nSPS) is 11.1. The maximum atomic E-state index is 12.3. The molecule has 0 spiro atoms. The Morgan fingerprint density at radius 2 is 2.10 bits per heavy atom. The number of hydrogen-bond donors (Lipinski definition) is 1. The summed E-state index contributed by atoms with van der Waals surface area (Å²) in [5.74, 6) is 0. The molecule has 3 rings (SSSR count). The lowest BCUT2D eigenvalue weighted by molar-refractivity contribution is 0.590. The number of benzene rings is 1. The summed E-state index contributed by atoms with van der Waals surface area (Å²) in [6, 6.07) is 11.8. The van der Waals surface area contributed by atoms with E-state index in [-0.39, 0.29) is 5.56 Å². The molecule has 0 atom stereocenters. The predicted molar refractivity (Wildman–Crippen MR) is 91.9 cm³/mol. The number of halogens is 1. The number of nitrogens with zero attached hydrogens (tertiary/aromatic N) is 1. The van der Waals surface area contributed by atoms with Crippen LogP contribution in [0.1, 0.15) is 4.88 Å². The topological polar surface area (TPSA) is 34.0 Å². The number of aromatic nitrogens is 1. The highest BCUT2D eigenvalue weighted by molar-refractivity contribution is 9.10. The Balaban J connectivity index is 1.63. The van der Waals surface area contributed by atoms with Gasteiger partial charge in [-0.25, -0.2) is 0 Å². The van der Waals surface area contributed by atoms with Crippen LogP contribution < -0.4 is 10.9 Å². The Morgan fingerprint density at radius 3 is 2.90 bits per heavy atom. The third-order valence-corrected chi connectivity index (χ3v) is 5.03. The largest absolute Gasteiger partial charge is 0.314 e. The summed E-state index contributed by atoms with van der Waals surface area (Å²) in [6.45, 7) is 2.28. The molecule has 1 N–H and O–H groups in total. The second-order valence-electron chi connectivity index (χ2n) is 4.81. The first-order chi connectivity index (χ1) is 10.2. The monoisotopic (exact) mass is 362 g/mol. The Labute approximate surface area is 135 Å². The van der Waals surface area contributed by atoms with E-state index in [1.807, 2.05) is 36.5 Å². The van der Waals surface area contributed by atoms with E-state index in [0.29, 0.717) is 6.54 Å². The predicted octanol–water partition coefficient (Wildman–Crippen LogP) is 3.62. The van der Waals surface area contributed by atoms with E-state index in [1.54, 1.807) is 15.9 Å². The van der Waals surface area contributed by atoms with E-state index in [9.17, 15) is 4.79 Å². The van der Waals surface area contributed by atoms with Crippen LogP contribution >= 0.6 is 27.3 Å². The fourth-order valence-corrected chi connectivity index (χ4v) is 3.68. The fraction of sp³-hybridized carbons (Fsp3) is 0.188. The van der Waals surface area contributed by atoms with Gasteiger partial charge in [-0.05, 0) is 39.5 Å². The average molecular weight is 363 g/mol. The van der Waals surface area contributed by atoms with E-state index < -0.39 is 0 Å². The number of fused-ring (bicyclic) bond motifs is 1. The first-order valence-corrected chi connectivity index (χ1v) is 8.43. The molecular formula is C16H15BrN2OS. The van der Waals surface area contributed by atoms with Gasteiger partial charge in [0.15, 0.2) is 0 Å². The van der Waals surface area contributed by atoms with E-state index in [4.69, 9.17) is 0 Å². The maximum Gasteiger partial charge on any atom is 0.258 e. The van der Waals surface area contributed by atoms with E-state index >= 15 is 0 Å². The van der Waals surface area contributed by atoms with E-state index in [2.05, 4.69) is 32.7 Å². The highest BCUT2D eigenvalue weighted by Gasteiger charge is 2.02. The van der Waals surface area contributed by atoms with Crippen LogP contribution in [-0.4, -0.2) is 11.1 Å². The van der Waals surface area contributed by atoms with Crippen molar-refractivity contribution >= 4 is 38.0 Å². The Kier molecular flexibility index (Phi) is 4.53. The summed E-state index contributed by atoms with van der Waals surface area (Å²) in [6.07, 6.45) is 1.87. The smallest absolute Gasteiger partial charge is 0.258 e. The third-order valence-electron chi connectivity index (χ3n) is 3.34. The average Bonchev–Trinajstić information content (AvgIpc) is 2.91. The summed E-state index contributed by atoms with van der Waals surface area (Å²) in [4.78, 5) is 13.6. The molecule has 2 heterocycles. The molecule has 0 bridgehead atoms. The van der Waals surface area contributed by atoms with Crippen LogP contribution in [0.5, 0.6) is 0 Å². The number of thiophene rings is 1. The number of pyridine rings is 1. The third kappa shape index (κ3) is 3.43. The van der Waals surface area contributed by atoms with Crippen molar-refractivity contribution in [1.29, 1.82) is 0 Å². The summed E-state index contributed by atoms with van der Waals surface area (Å²) in [5.41, 5.74) is 0.0776. The molecule has 3 aromatic rings. The minimum absolute atomic E-state index is 0.0776. The first-order valence-electron chi connectivity index (χ1n) is 6.76. The molecule has 0 aliphatic carbocycles. The molecule has 0 fully saturated rings. The van der Waals surface area contributed by atoms with Crippen molar-refractivity contribution in [1.82, 2.24) is 9.88 Å². The minimum Gasteiger partial charge on any atom is -0.314 e. The quantitative estimate of drug-likeness (QED) is 0.703. The van der Waals surface area contributed by atoms with Crippen LogP contribution in [0.3, 0.4) is 0 Å². The molecule has 3 nitrogen and oxygen atoms in total. The van der Waals surface area contributed by atoms with Crippen molar-refractivity contribution in [3.63, 3.8) is 0 Å². The number of rotatable bonds is 5.